The quantitative estimate of drug-likeness (QED) is 0.760. The van der Waals surface area contributed by atoms with Crippen LogP contribution in [0.1, 0.15) is 0 Å². The highest BCUT2D eigenvalue weighted by Crippen LogP contribution is 2.16. The molecule has 1 aliphatic rings. The average Bonchev–Trinajstić information content (AvgIpc) is 2.30. The van der Waals surface area contributed by atoms with Crippen molar-refractivity contribution in [3.8, 4) is 0 Å². The molecular formula is C10H12N2O3. The zero-order valence-electron chi connectivity index (χ0n) is 8.17. The van der Waals surface area contributed by atoms with Crippen LogP contribution >= 0.6 is 0 Å². The van der Waals surface area contributed by atoms with E-state index in [1.807, 2.05) is 17.0 Å². The van der Waals surface area contributed by atoms with E-state index in [9.17, 15) is 4.79 Å². The number of pyridine rings is 1. The van der Waals surface area contributed by atoms with Gasteiger partial charge in [0.05, 0.1) is 13.2 Å². The van der Waals surface area contributed by atoms with Crippen LogP contribution in [0.15, 0.2) is 24.5 Å². The average molecular weight is 208 g/mol. The van der Waals surface area contributed by atoms with E-state index in [2.05, 4.69) is 4.98 Å². The third-order valence-corrected chi connectivity index (χ3v) is 2.37. The molecule has 2 rings (SSSR count). The maximum atomic E-state index is 10.8. The highest BCUT2D eigenvalue weighted by atomic mass is 16.5. The van der Waals surface area contributed by atoms with E-state index in [-0.39, 0.29) is 0 Å². The van der Waals surface area contributed by atoms with Gasteiger partial charge in [0.2, 0.25) is 0 Å². The number of ether oxygens (including phenoxy) is 1. The predicted molar refractivity (Wildman–Crippen MR) is 53.8 cm³/mol. The van der Waals surface area contributed by atoms with Gasteiger partial charge in [-0.15, -0.1) is 0 Å². The van der Waals surface area contributed by atoms with Crippen LogP contribution in [-0.4, -0.2) is 41.9 Å². The third-order valence-electron chi connectivity index (χ3n) is 2.37. The first kappa shape index (κ1) is 9.92. The lowest BCUT2D eigenvalue weighted by Gasteiger charge is -2.32. The van der Waals surface area contributed by atoms with E-state index < -0.39 is 12.1 Å². The lowest BCUT2D eigenvalue weighted by molar-refractivity contribution is -0.150. The predicted octanol–water partition coefficient (Wildman–Crippen LogP) is 0.371. The largest absolute Gasteiger partial charge is 0.479 e. The second kappa shape index (κ2) is 4.27. The number of nitrogens with zero attached hydrogens (tertiary/aromatic N) is 2. The Hall–Kier alpha value is -1.62. The maximum Gasteiger partial charge on any atom is 0.334 e. The van der Waals surface area contributed by atoms with Crippen LogP contribution in [0.3, 0.4) is 0 Å². The molecule has 1 aliphatic heterocycles. The zero-order valence-corrected chi connectivity index (χ0v) is 8.17. The molecule has 15 heavy (non-hydrogen) atoms. The normalized spacial score (nSPS) is 21.3. The standard InChI is InChI=1S/C10H12N2O3/c13-10(14)9-7-12(5-6-15-9)8-1-3-11-4-2-8/h1-4,9H,5-7H2,(H,13,14). The van der Waals surface area contributed by atoms with Crippen LogP contribution in [0.2, 0.25) is 0 Å². The van der Waals surface area contributed by atoms with Gasteiger partial charge in [0.25, 0.3) is 0 Å². The Morgan fingerprint density at radius 2 is 2.27 bits per heavy atom. The Bertz CT molecular complexity index is 342. The minimum Gasteiger partial charge on any atom is -0.479 e. The molecule has 5 heteroatoms. The molecule has 1 unspecified atom stereocenters. The van der Waals surface area contributed by atoms with Crippen LogP contribution in [0.25, 0.3) is 0 Å². The summed E-state index contributed by atoms with van der Waals surface area (Å²) in [6.45, 7) is 1.55. The summed E-state index contributed by atoms with van der Waals surface area (Å²) in [5.74, 6) is -0.909. The van der Waals surface area contributed by atoms with Crippen LogP contribution in [0.5, 0.6) is 0 Å². The molecule has 1 saturated heterocycles. The van der Waals surface area contributed by atoms with Crippen molar-refractivity contribution in [3.05, 3.63) is 24.5 Å². The fraction of sp³-hybridized carbons (Fsp3) is 0.400. The molecular weight excluding hydrogens is 196 g/mol. The number of carboxylic acids is 1. The van der Waals surface area contributed by atoms with Crippen LogP contribution in [-0.2, 0) is 9.53 Å². The van der Waals surface area contributed by atoms with Crippen LogP contribution in [0, 0.1) is 0 Å². The van der Waals surface area contributed by atoms with Gasteiger partial charge >= 0.3 is 5.97 Å². The van der Waals surface area contributed by atoms with E-state index in [1.54, 1.807) is 12.4 Å². The van der Waals surface area contributed by atoms with Gasteiger partial charge in [0, 0.05) is 24.6 Å². The number of aliphatic carboxylic acids is 1. The Kier molecular flexibility index (Phi) is 2.82. The molecule has 0 aromatic carbocycles. The summed E-state index contributed by atoms with van der Waals surface area (Å²) in [7, 11) is 0. The SMILES string of the molecule is O=C(O)C1CN(c2ccncc2)CCO1. The molecule has 1 atom stereocenters. The molecule has 80 valence electrons. The first-order valence-corrected chi connectivity index (χ1v) is 4.77. The summed E-state index contributed by atoms with van der Waals surface area (Å²) in [6.07, 6.45) is 2.66. The smallest absolute Gasteiger partial charge is 0.334 e. The van der Waals surface area contributed by atoms with Gasteiger partial charge < -0.3 is 14.7 Å². The summed E-state index contributed by atoms with van der Waals surface area (Å²) in [6, 6.07) is 3.73. The van der Waals surface area contributed by atoms with Crippen molar-refractivity contribution in [3.63, 3.8) is 0 Å². The summed E-state index contributed by atoms with van der Waals surface area (Å²) in [5, 5.41) is 8.84. The summed E-state index contributed by atoms with van der Waals surface area (Å²) < 4.78 is 5.13. The van der Waals surface area contributed by atoms with Crippen molar-refractivity contribution in [1.29, 1.82) is 0 Å². The minimum atomic E-state index is -0.909. The highest BCUT2D eigenvalue weighted by Gasteiger charge is 2.26. The topological polar surface area (TPSA) is 62.7 Å². The van der Waals surface area contributed by atoms with E-state index in [0.29, 0.717) is 19.7 Å². The van der Waals surface area contributed by atoms with Gasteiger partial charge in [0.15, 0.2) is 6.10 Å². The Balaban J connectivity index is 2.08. The van der Waals surface area contributed by atoms with Crippen molar-refractivity contribution in [2.75, 3.05) is 24.6 Å². The molecule has 0 spiro atoms. The van der Waals surface area contributed by atoms with E-state index >= 15 is 0 Å². The van der Waals surface area contributed by atoms with Crippen LogP contribution in [0.4, 0.5) is 5.69 Å². The number of rotatable bonds is 2. The van der Waals surface area contributed by atoms with Crippen molar-refractivity contribution < 1.29 is 14.6 Å². The monoisotopic (exact) mass is 208 g/mol. The van der Waals surface area contributed by atoms with E-state index in [4.69, 9.17) is 9.84 Å². The van der Waals surface area contributed by atoms with Gasteiger partial charge in [-0.25, -0.2) is 4.79 Å². The van der Waals surface area contributed by atoms with Crippen molar-refractivity contribution in [1.82, 2.24) is 4.98 Å². The molecule has 0 amide bonds. The number of hydrogen-bond donors (Lipinski definition) is 1. The fourth-order valence-corrected chi connectivity index (χ4v) is 1.59. The number of aromatic nitrogens is 1. The fourth-order valence-electron chi connectivity index (χ4n) is 1.59. The maximum absolute atomic E-state index is 10.8. The first-order chi connectivity index (χ1) is 7.27. The first-order valence-electron chi connectivity index (χ1n) is 4.77. The van der Waals surface area contributed by atoms with Gasteiger partial charge in [-0.1, -0.05) is 0 Å². The molecule has 1 N–H and O–H groups in total. The Morgan fingerprint density at radius 1 is 1.53 bits per heavy atom. The molecule has 0 aliphatic carbocycles. The lowest BCUT2D eigenvalue weighted by atomic mass is 10.2. The lowest BCUT2D eigenvalue weighted by Crippen LogP contribution is -2.46. The summed E-state index contributed by atoms with van der Waals surface area (Å²) in [4.78, 5) is 16.7. The molecule has 1 fully saturated rings. The third kappa shape index (κ3) is 2.24. The van der Waals surface area contributed by atoms with E-state index in [1.165, 1.54) is 0 Å². The number of hydrogen-bond acceptors (Lipinski definition) is 4. The number of anilines is 1. The summed E-state index contributed by atoms with van der Waals surface area (Å²) >= 11 is 0. The second-order valence-corrected chi connectivity index (χ2v) is 3.35. The second-order valence-electron chi connectivity index (χ2n) is 3.35. The highest BCUT2D eigenvalue weighted by molar-refractivity contribution is 5.73. The Labute approximate surface area is 87.3 Å². The Morgan fingerprint density at radius 3 is 2.93 bits per heavy atom. The van der Waals surface area contributed by atoms with Gasteiger partial charge in [0.1, 0.15) is 0 Å². The molecule has 0 radical (unpaired) electrons. The summed E-state index contributed by atoms with van der Waals surface area (Å²) in [5.41, 5.74) is 0.986. The molecule has 2 heterocycles. The minimum absolute atomic E-state index is 0.388. The van der Waals surface area contributed by atoms with Crippen molar-refractivity contribution >= 4 is 11.7 Å². The van der Waals surface area contributed by atoms with E-state index in [0.717, 1.165) is 5.69 Å². The van der Waals surface area contributed by atoms with Crippen LogP contribution < -0.4 is 4.90 Å². The zero-order chi connectivity index (χ0) is 10.7. The molecule has 0 bridgehead atoms. The van der Waals surface area contributed by atoms with Gasteiger partial charge in [-0.2, -0.15) is 0 Å². The molecule has 1 aromatic heterocycles. The van der Waals surface area contributed by atoms with Crippen molar-refractivity contribution in [2.45, 2.75) is 6.10 Å². The van der Waals surface area contributed by atoms with Gasteiger partial charge in [-0.3, -0.25) is 4.98 Å². The van der Waals surface area contributed by atoms with Crippen molar-refractivity contribution in [2.24, 2.45) is 0 Å². The number of carboxylic acid groups (broad SMARTS) is 1. The number of morpholine rings is 1. The number of carbonyl (C=O) groups is 1. The molecule has 5 nitrogen and oxygen atoms in total. The molecule has 0 saturated carbocycles. The van der Waals surface area contributed by atoms with Gasteiger partial charge in [-0.05, 0) is 12.1 Å². The molecule has 1 aromatic rings.